The molecule has 2 aliphatic rings. The number of piperazine rings is 1. The average Bonchev–Trinajstić information content (AvgIpc) is 2.37. The quantitative estimate of drug-likeness (QED) is 0.428. The van der Waals surface area contributed by atoms with Crippen molar-refractivity contribution in [3.05, 3.63) is 0 Å². The Morgan fingerprint density at radius 1 is 1.33 bits per heavy atom. The zero-order valence-corrected chi connectivity index (χ0v) is 11.6. The summed E-state index contributed by atoms with van der Waals surface area (Å²) in [7, 11) is 0. The molecule has 0 aromatic rings. The van der Waals surface area contributed by atoms with Crippen LogP contribution in [0.5, 0.6) is 0 Å². The molecule has 2 saturated heterocycles. The van der Waals surface area contributed by atoms with Gasteiger partial charge in [0, 0.05) is 32.2 Å². The molecule has 0 saturated carbocycles. The second-order valence-electron chi connectivity index (χ2n) is 6.28. The number of nitrogens with zero attached hydrogens (tertiary/aromatic N) is 2. The first-order valence-corrected chi connectivity index (χ1v) is 7.00. The van der Waals surface area contributed by atoms with Crippen molar-refractivity contribution in [3.63, 3.8) is 0 Å². The maximum atomic E-state index is 11.7. The van der Waals surface area contributed by atoms with Crippen LogP contribution in [0.25, 0.3) is 0 Å². The largest absolute Gasteiger partial charge is 0.299 e. The van der Waals surface area contributed by atoms with Gasteiger partial charge in [0.15, 0.2) is 0 Å². The zero-order chi connectivity index (χ0) is 13.2. The number of nitrogens with two attached hydrogens (primary N) is 1. The average molecular weight is 254 g/mol. The molecule has 0 bridgehead atoms. The van der Waals surface area contributed by atoms with Crippen molar-refractivity contribution in [1.29, 1.82) is 0 Å². The number of carbonyl (C=O) groups is 1. The number of rotatable bonds is 3. The predicted octanol–water partition coefficient (Wildman–Crippen LogP) is 0.173. The lowest BCUT2D eigenvalue weighted by Crippen LogP contribution is -2.57. The minimum Gasteiger partial charge on any atom is -0.299 e. The van der Waals surface area contributed by atoms with E-state index in [9.17, 15) is 4.79 Å². The fraction of sp³-hybridized carbons (Fsp3) is 0.923. The molecule has 18 heavy (non-hydrogen) atoms. The highest BCUT2D eigenvalue weighted by molar-refractivity contribution is 5.81. The molecule has 0 aromatic carbocycles. The SMILES string of the molecule is CC(C)(CN1CCN2CCCCC2C1)C(=O)NN. The lowest BCUT2D eigenvalue weighted by atomic mass is 9.90. The van der Waals surface area contributed by atoms with Gasteiger partial charge in [0.25, 0.3) is 0 Å². The minimum absolute atomic E-state index is 0.0754. The van der Waals surface area contributed by atoms with Gasteiger partial charge in [-0.15, -0.1) is 0 Å². The number of piperidine rings is 1. The fourth-order valence-corrected chi connectivity index (χ4v) is 3.19. The molecule has 5 heteroatoms. The highest BCUT2D eigenvalue weighted by atomic mass is 16.2. The number of fused-ring (bicyclic) bond motifs is 1. The first-order chi connectivity index (χ1) is 8.53. The zero-order valence-electron chi connectivity index (χ0n) is 11.6. The van der Waals surface area contributed by atoms with Gasteiger partial charge >= 0.3 is 0 Å². The molecule has 0 aliphatic carbocycles. The van der Waals surface area contributed by atoms with Gasteiger partial charge in [-0.05, 0) is 33.2 Å². The third-order valence-electron chi connectivity index (χ3n) is 4.29. The second-order valence-corrected chi connectivity index (χ2v) is 6.28. The van der Waals surface area contributed by atoms with Crippen LogP contribution in [0.3, 0.4) is 0 Å². The molecule has 2 fully saturated rings. The van der Waals surface area contributed by atoms with Crippen LogP contribution in [-0.4, -0.2) is 54.5 Å². The smallest absolute Gasteiger partial charge is 0.240 e. The van der Waals surface area contributed by atoms with E-state index < -0.39 is 5.41 Å². The summed E-state index contributed by atoms with van der Waals surface area (Å²) >= 11 is 0. The Morgan fingerprint density at radius 3 is 2.83 bits per heavy atom. The number of nitrogens with one attached hydrogen (secondary N) is 1. The number of amides is 1. The van der Waals surface area contributed by atoms with E-state index in [1.54, 1.807) is 0 Å². The molecule has 0 spiro atoms. The molecule has 0 aromatic heterocycles. The minimum atomic E-state index is -0.411. The Hall–Kier alpha value is -0.650. The van der Waals surface area contributed by atoms with E-state index in [0.29, 0.717) is 6.04 Å². The third kappa shape index (κ3) is 3.02. The van der Waals surface area contributed by atoms with Crippen molar-refractivity contribution in [1.82, 2.24) is 15.2 Å². The number of hydrogen-bond acceptors (Lipinski definition) is 4. The number of hydrogen-bond donors (Lipinski definition) is 2. The summed E-state index contributed by atoms with van der Waals surface area (Å²) in [5.74, 6) is 5.17. The first kappa shape index (κ1) is 13.8. The summed E-state index contributed by atoms with van der Waals surface area (Å²) in [6.45, 7) is 9.28. The van der Waals surface area contributed by atoms with Gasteiger partial charge in [-0.3, -0.25) is 20.0 Å². The van der Waals surface area contributed by atoms with Crippen molar-refractivity contribution < 1.29 is 4.79 Å². The maximum absolute atomic E-state index is 11.7. The van der Waals surface area contributed by atoms with Gasteiger partial charge in [0.1, 0.15) is 0 Å². The van der Waals surface area contributed by atoms with Gasteiger partial charge < -0.3 is 0 Å². The van der Waals surface area contributed by atoms with Crippen LogP contribution in [0.15, 0.2) is 0 Å². The number of carbonyl (C=O) groups excluding carboxylic acids is 1. The number of hydrazine groups is 1. The van der Waals surface area contributed by atoms with Crippen molar-refractivity contribution >= 4 is 5.91 Å². The monoisotopic (exact) mass is 254 g/mol. The lowest BCUT2D eigenvalue weighted by Gasteiger charge is -2.45. The van der Waals surface area contributed by atoms with Gasteiger partial charge in [0.2, 0.25) is 5.91 Å². The van der Waals surface area contributed by atoms with Gasteiger partial charge in [0.05, 0.1) is 5.41 Å². The molecule has 1 unspecified atom stereocenters. The highest BCUT2D eigenvalue weighted by Gasteiger charge is 2.34. The first-order valence-electron chi connectivity index (χ1n) is 7.00. The summed E-state index contributed by atoms with van der Waals surface area (Å²) in [4.78, 5) is 16.7. The second kappa shape index (κ2) is 5.55. The van der Waals surface area contributed by atoms with Gasteiger partial charge in [-0.1, -0.05) is 6.42 Å². The molecule has 1 atom stereocenters. The van der Waals surface area contributed by atoms with Crippen molar-refractivity contribution in [2.75, 3.05) is 32.7 Å². The van der Waals surface area contributed by atoms with Crippen LogP contribution in [0.2, 0.25) is 0 Å². The van der Waals surface area contributed by atoms with E-state index in [-0.39, 0.29) is 5.91 Å². The van der Waals surface area contributed by atoms with E-state index in [4.69, 9.17) is 5.84 Å². The van der Waals surface area contributed by atoms with Crippen LogP contribution in [0.4, 0.5) is 0 Å². The maximum Gasteiger partial charge on any atom is 0.240 e. The molecule has 2 heterocycles. The summed E-state index contributed by atoms with van der Waals surface area (Å²) in [6.07, 6.45) is 4.00. The Labute approximate surface area is 110 Å². The van der Waals surface area contributed by atoms with Gasteiger partial charge in [-0.2, -0.15) is 0 Å². The van der Waals surface area contributed by atoms with Crippen LogP contribution in [0.1, 0.15) is 33.1 Å². The summed E-state index contributed by atoms with van der Waals surface area (Å²) in [5.41, 5.74) is 1.86. The Kier molecular flexibility index (Phi) is 4.25. The van der Waals surface area contributed by atoms with E-state index in [1.807, 2.05) is 13.8 Å². The molecule has 2 rings (SSSR count). The predicted molar refractivity (Wildman–Crippen MR) is 71.8 cm³/mol. The molecule has 1 amide bonds. The summed E-state index contributed by atoms with van der Waals surface area (Å²) in [6, 6.07) is 0.698. The Morgan fingerprint density at radius 2 is 2.11 bits per heavy atom. The van der Waals surface area contributed by atoms with E-state index >= 15 is 0 Å². The van der Waals surface area contributed by atoms with Crippen molar-refractivity contribution in [3.8, 4) is 0 Å². The molecule has 0 radical (unpaired) electrons. The van der Waals surface area contributed by atoms with Crippen LogP contribution >= 0.6 is 0 Å². The molecule has 3 N–H and O–H groups in total. The topological polar surface area (TPSA) is 61.6 Å². The Balaban J connectivity index is 1.89. The standard InChI is InChI=1S/C13H26N4O/c1-13(2,12(18)15-14)10-16-7-8-17-6-4-3-5-11(17)9-16/h11H,3-10,14H2,1-2H3,(H,15,18). The van der Waals surface area contributed by atoms with E-state index in [0.717, 1.165) is 26.2 Å². The summed E-state index contributed by atoms with van der Waals surface area (Å²) < 4.78 is 0. The van der Waals surface area contributed by atoms with Crippen LogP contribution in [0, 0.1) is 5.41 Å². The molecule has 2 aliphatic heterocycles. The Bertz CT molecular complexity index is 305. The van der Waals surface area contributed by atoms with E-state index in [2.05, 4.69) is 15.2 Å². The third-order valence-corrected chi connectivity index (χ3v) is 4.29. The summed E-state index contributed by atoms with van der Waals surface area (Å²) in [5, 5.41) is 0. The van der Waals surface area contributed by atoms with Gasteiger partial charge in [-0.25, -0.2) is 5.84 Å². The van der Waals surface area contributed by atoms with Crippen LogP contribution < -0.4 is 11.3 Å². The molecular formula is C13H26N4O. The fourth-order valence-electron chi connectivity index (χ4n) is 3.19. The van der Waals surface area contributed by atoms with E-state index in [1.165, 1.54) is 25.8 Å². The normalized spacial score (nSPS) is 26.7. The van der Waals surface area contributed by atoms with Crippen LogP contribution in [-0.2, 0) is 4.79 Å². The lowest BCUT2D eigenvalue weighted by molar-refractivity contribution is -0.131. The van der Waals surface area contributed by atoms with Crippen molar-refractivity contribution in [2.24, 2.45) is 11.3 Å². The molecule has 104 valence electrons. The molecule has 5 nitrogen and oxygen atoms in total. The highest BCUT2D eigenvalue weighted by Crippen LogP contribution is 2.24. The molecular weight excluding hydrogens is 228 g/mol. The van der Waals surface area contributed by atoms with Crippen molar-refractivity contribution in [2.45, 2.75) is 39.2 Å².